The van der Waals surface area contributed by atoms with E-state index >= 15 is 0 Å². The second-order valence-corrected chi connectivity index (χ2v) is 6.55. The number of aryl methyl sites for hydroxylation is 2. The van der Waals surface area contributed by atoms with Crippen molar-refractivity contribution in [2.24, 2.45) is 0 Å². The monoisotopic (exact) mass is 341 g/mol. The second kappa shape index (κ2) is 7.66. The largest absolute Gasteiger partial charge is 0.322 e. The molecule has 1 saturated heterocycles. The first kappa shape index (κ1) is 17.4. The van der Waals surface area contributed by atoms with Crippen LogP contribution in [0.4, 0.5) is 14.9 Å². The molecule has 0 atom stereocenters. The van der Waals surface area contributed by atoms with E-state index in [0.29, 0.717) is 25.2 Å². The van der Waals surface area contributed by atoms with Crippen LogP contribution < -0.4 is 5.32 Å². The summed E-state index contributed by atoms with van der Waals surface area (Å²) in [7, 11) is 0. The molecule has 1 aliphatic rings. The summed E-state index contributed by atoms with van der Waals surface area (Å²) in [5.41, 5.74) is 3.72. The summed E-state index contributed by atoms with van der Waals surface area (Å²) in [6, 6.07) is 12.8. The Bertz CT molecular complexity index is 734. The fourth-order valence-electron chi connectivity index (χ4n) is 3.17. The van der Waals surface area contributed by atoms with E-state index in [9.17, 15) is 9.18 Å². The van der Waals surface area contributed by atoms with E-state index in [1.807, 2.05) is 49.1 Å². The van der Waals surface area contributed by atoms with Crippen molar-refractivity contribution in [3.8, 4) is 0 Å². The van der Waals surface area contributed by atoms with Crippen molar-refractivity contribution < 1.29 is 9.18 Å². The Morgan fingerprint density at radius 2 is 1.64 bits per heavy atom. The Kier molecular flexibility index (Phi) is 5.34. The molecule has 2 aromatic carbocycles. The van der Waals surface area contributed by atoms with Gasteiger partial charge in [-0.25, -0.2) is 9.18 Å². The van der Waals surface area contributed by atoms with Crippen molar-refractivity contribution in [1.29, 1.82) is 0 Å². The molecule has 0 spiro atoms. The third kappa shape index (κ3) is 4.17. The first-order valence-electron chi connectivity index (χ1n) is 8.62. The van der Waals surface area contributed by atoms with Crippen LogP contribution in [0.15, 0.2) is 42.5 Å². The van der Waals surface area contributed by atoms with Gasteiger partial charge in [0.15, 0.2) is 0 Å². The molecule has 0 unspecified atom stereocenters. The highest BCUT2D eigenvalue weighted by molar-refractivity contribution is 5.91. The van der Waals surface area contributed by atoms with Gasteiger partial charge >= 0.3 is 6.03 Å². The number of halogens is 1. The first-order valence-corrected chi connectivity index (χ1v) is 8.62. The molecule has 5 heteroatoms. The summed E-state index contributed by atoms with van der Waals surface area (Å²) >= 11 is 0. The zero-order valence-corrected chi connectivity index (χ0v) is 14.8. The van der Waals surface area contributed by atoms with Gasteiger partial charge in [-0.2, -0.15) is 0 Å². The molecule has 0 saturated carbocycles. The molecule has 132 valence electrons. The van der Waals surface area contributed by atoms with Crippen molar-refractivity contribution in [2.45, 2.75) is 20.4 Å². The number of urea groups is 1. The first-order chi connectivity index (χ1) is 12.0. The van der Waals surface area contributed by atoms with Crippen LogP contribution in [0.2, 0.25) is 0 Å². The number of amides is 2. The molecular weight excluding hydrogens is 317 g/mol. The van der Waals surface area contributed by atoms with Gasteiger partial charge in [0.2, 0.25) is 0 Å². The van der Waals surface area contributed by atoms with Crippen LogP contribution in [0.5, 0.6) is 0 Å². The van der Waals surface area contributed by atoms with E-state index in [2.05, 4.69) is 10.2 Å². The molecule has 1 heterocycles. The van der Waals surface area contributed by atoms with Crippen LogP contribution in [0.25, 0.3) is 0 Å². The van der Waals surface area contributed by atoms with Gasteiger partial charge in [0.05, 0.1) is 0 Å². The minimum absolute atomic E-state index is 0.0667. The fourth-order valence-corrected chi connectivity index (χ4v) is 3.17. The van der Waals surface area contributed by atoms with Crippen LogP contribution in [-0.4, -0.2) is 42.0 Å². The van der Waals surface area contributed by atoms with Gasteiger partial charge in [0.1, 0.15) is 5.82 Å². The molecule has 1 fully saturated rings. The van der Waals surface area contributed by atoms with Gasteiger partial charge in [-0.3, -0.25) is 4.90 Å². The highest BCUT2D eigenvalue weighted by Gasteiger charge is 2.22. The Morgan fingerprint density at radius 3 is 2.28 bits per heavy atom. The second-order valence-electron chi connectivity index (χ2n) is 6.55. The molecule has 0 aliphatic carbocycles. The maximum atomic E-state index is 13.8. The van der Waals surface area contributed by atoms with Crippen LogP contribution in [-0.2, 0) is 6.54 Å². The number of para-hydroxylation sites is 1. The molecule has 2 amide bonds. The number of rotatable bonds is 3. The molecule has 0 radical (unpaired) electrons. The molecule has 4 nitrogen and oxygen atoms in total. The topological polar surface area (TPSA) is 35.6 Å². The minimum Gasteiger partial charge on any atom is -0.322 e. The van der Waals surface area contributed by atoms with Gasteiger partial charge in [0.25, 0.3) is 0 Å². The third-order valence-corrected chi connectivity index (χ3v) is 4.72. The zero-order valence-electron chi connectivity index (χ0n) is 14.8. The van der Waals surface area contributed by atoms with Crippen LogP contribution >= 0.6 is 0 Å². The van der Waals surface area contributed by atoms with E-state index in [1.54, 1.807) is 6.07 Å². The summed E-state index contributed by atoms with van der Waals surface area (Å²) in [5.74, 6) is -0.169. The summed E-state index contributed by atoms with van der Waals surface area (Å²) < 4.78 is 13.8. The van der Waals surface area contributed by atoms with Gasteiger partial charge in [-0.05, 0) is 31.0 Å². The molecule has 25 heavy (non-hydrogen) atoms. The Balaban J connectivity index is 1.55. The predicted molar refractivity (Wildman–Crippen MR) is 98.2 cm³/mol. The number of hydrogen-bond acceptors (Lipinski definition) is 2. The predicted octanol–water partition coefficient (Wildman–Crippen LogP) is 3.79. The van der Waals surface area contributed by atoms with Gasteiger partial charge in [-0.15, -0.1) is 0 Å². The van der Waals surface area contributed by atoms with Gasteiger partial charge < -0.3 is 10.2 Å². The van der Waals surface area contributed by atoms with Crippen molar-refractivity contribution in [2.75, 3.05) is 31.5 Å². The lowest BCUT2D eigenvalue weighted by Crippen LogP contribution is -2.49. The molecule has 2 aromatic rings. The molecule has 0 aromatic heterocycles. The van der Waals surface area contributed by atoms with Gasteiger partial charge in [-0.1, -0.05) is 36.4 Å². The lowest BCUT2D eigenvalue weighted by molar-refractivity contribution is 0.142. The summed E-state index contributed by atoms with van der Waals surface area (Å²) in [4.78, 5) is 16.5. The minimum atomic E-state index is -0.169. The Hall–Kier alpha value is -2.40. The van der Waals surface area contributed by atoms with E-state index in [1.165, 1.54) is 6.07 Å². The number of carbonyl (C=O) groups excluding carboxylic acids is 1. The Morgan fingerprint density at radius 1 is 1.00 bits per heavy atom. The average molecular weight is 341 g/mol. The average Bonchev–Trinajstić information content (AvgIpc) is 2.61. The summed E-state index contributed by atoms with van der Waals surface area (Å²) in [6.07, 6.45) is 0. The highest BCUT2D eigenvalue weighted by atomic mass is 19.1. The SMILES string of the molecule is Cc1cccc(C)c1NC(=O)N1CCN(Cc2ccccc2F)CC1. The highest BCUT2D eigenvalue weighted by Crippen LogP contribution is 2.20. The Labute approximate surface area is 148 Å². The van der Waals surface area contributed by atoms with E-state index in [0.717, 1.165) is 29.9 Å². The number of hydrogen-bond donors (Lipinski definition) is 1. The molecule has 3 rings (SSSR count). The van der Waals surface area contributed by atoms with Crippen molar-refractivity contribution in [3.63, 3.8) is 0 Å². The smallest absolute Gasteiger partial charge is 0.321 e. The van der Waals surface area contributed by atoms with Crippen molar-refractivity contribution in [1.82, 2.24) is 9.80 Å². The molecule has 0 bridgehead atoms. The van der Waals surface area contributed by atoms with Crippen LogP contribution in [0.3, 0.4) is 0 Å². The summed E-state index contributed by atoms with van der Waals surface area (Å²) in [5, 5.41) is 3.03. The number of carbonyl (C=O) groups is 1. The quantitative estimate of drug-likeness (QED) is 0.922. The number of nitrogens with one attached hydrogen (secondary N) is 1. The molecular formula is C20H24FN3O. The van der Waals surface area contributed by atoms with E-state index in [-0.39, 0.29) is 11.8 Å². The maximum Gasteiger partial charge on any atom is 0.321 e. The number of anilines is 1. The summed E-state index contributed by atoms with van der Waals surface area (Å²) in [6.45, 7) is 7.35. The third-order valence-electron chi connectivity index (χ3n) is 4.72. The lowest BCUT2D eigenvalue weighted by atomic mass is 10.1. The number of benzene rings is 2. The fraction of sp³-hybridized carbons (Fsp3) is 0.350. The van der Waals surface area contributed by atoms with Crippen molar-refractivity contribution >= 4 is 11.7 Å². The maximum absolute atomic E-state index is 13.8. The standard InChI is InChI=1S/C20H24FN3O/c1-15-6-5-7-16(2)19(15)22-20(25)24-12-10-23(11-13-24)14-17-8-3-4-9-18(17)21/h3-9H,10-14H2,1-2H3,(H,22,25). The van der Waals surface area contributed by atoms with E-state index < -0.39 is 0 Å². The van der Waals surface area contributed by atoms with Gasteiger partial charge in [0, 0.05) is 44.0 Å². The molecule has 1 N–H and O–H groups in total. The van der Waals surface area contributed by atoms with Crippen LogP contribution in [0.1, 0.15) is 16.7 Å². The van der Waals surface area contributed by atoms with Crippen molar-refractivity contribution in [3.05, 3.63) is 65.0 Å². The molecule has 1 aliphatic heterocycles. The normalized spacial score (nSPS) is 15.2. The van der Waals surface area contributed by atoms with Crippen LogP contribution in [0, 0.1) is 19.7 Å². The number of nitrogens with zero attached hydrogens (tertiary/aromatic N) is 2. The number of piperazine rings is 1. The lowest BCUT2D eigenvalue weighted by Gasteiger charge is -2.35. The zero-order chi connectivity index (χ0) is 17.8. The van der Waals surface area contributed by atoms with E-state index in [4.69, 9.17) is 0 Å².